The third-order valence-electron chi connectivity index (χ3n) is 5.18. The van der Waals surface area contributed by atoms with E-state index in [-0.39, 0.29) is 12.5 Å². The fraction of sp³-hybridized carbons (Fsp3) is 0.0833. The number of nitrogens with zero attached hydrogens (tertiary/aromatic N) is 5. The molecule has 5 rings (SSSR count). The topological polar surface area (TPSA) is 63.9 Å². The van der Waals surface area contributed by atoms with Crippen LogP contribution in [0.4, 0.5) is 10.1 Å². The molecule has 0 saturated heterocycles. The second kappa shape index (κ2) is 8.68. The van der Waals surface area contributed by atoms with Crippen molar-refractivity contribution in [2.24, 2.45) is 0 Å². The predicted molar refractivity (Wildman–Crippen MR) is 123 cm³/mol. The summed E-state index contributed by atoms with van der Waals surface area (Å²) in [7, 11) is 0. The number of halogens is 1. The van der Waals surface area contributed by atoms with E-state index >= 15 is 0 Å². The van der Waals surface area contributed by atoms with E-state index in [9.17, 15) is 9.18 Å². The molecule has 3 heterocycles. The van der Waals surface area contributed by atoms with Crippen LogP contribution in [0.25, 0.3) is 22.2 Å². The molecule has 0 N–H and O–H groups in total. The molecule has 0 spiro atoms. The first-order valence-corrected chi connectivity index (χ1v) is 10.9. The van der Waals surface area contributed by atoms with Gasteiger partial charge in [-0.05, 0) is 64.4 Å². The maximum Gasteiger partial charge on any atom is 0.249 e. The van der Waals surface area contributed by atoms with Crippen molar-refractivity contribution in [3.05, 3.63) is 95.2 Å². The average molecular weight is 444 g/mol. The van der Waals surface area contributed by atoms with Crippen molar-refractivity contribution in [3.63, 3.8) is 0 Å². The molecular formula is C24H18FN5OS. The number of carbonyl (C=O) groups excluding carboxylic acids is 1. The van der Waals surface area contributed by atoms with E-state index in [2.05, 4.69) is 15.3 Å². The van der Waals surface area contributed by atoms with Crippen LogP contribution in [0, 0.1) is 5.95 Å². The number of thiophene rings is 1. The summed E-state index contributed by atoms with van der Waals surface area (Å²) in [5.74, 6) is -0.642. The van der Waals surface area contributed by atoms with Gasteiger partial charge in [0.1, 0.15) is 12.1 Å². The number of hydrogen-bond acceptors (Lipinski definition) is 5. The second-order valence-electron chi connectivity index (χ2n) is 7.24. The Hall–Kier alpha value is -3.91. The number of fused-ring (bicyclic) bond motifs is 1. The maximum absolute atomic E-state index is 14.1. The SMILES string of the molecule is O=C(Cn1nnc2ccccc21)N(Cc1ccsc1)c1ccc(-c2cccnc2F)cc1. The summed E-state index contributed by atoms with van der Waals surface area (Å²) >= 11 is 1.58. The van der Waals surface area contributed by atoms with E-state index in [1.165, 1.54) is 6.20 Å². The molecule has 6 nitrogen and oxygen atoms in total. The summed E-state index contributed by atoms with van der Waals surface area (Å²) in [5.41, 5.74) is 4.42. The molecule has 0 atom stereocenters. The van der Waals surface area contributed by atoms with Gasteiger partial charge in [0.25, 0.3) is 0 Å². The van der Waals surface area contributed by atoms with Gasteiger partial charge in [-0.15, -0.1) is 5.10 Å². The number of aromatic nitrogens is 4. The van der Waals surface area contributed by atoms with Gasteiger partial charge < -0.3 is 4.90 Å². The number of anilines is 1. The van der Waals surface area contributed by atoms with Gasteiger partial charge in [-0.1, -0.05) is 29.5 Å². The number of hydrogen-bond donors (Lipinski definition) is 0. The molecule has 0 saturated carbocycles. The van der Waals surface area contributed by atoms with E-state index < -0.39 is 5.95 Å². The van der Waals surface area contributed by atoms with Crippen molar-refractivity contribution in [1.29, 1.82) is 0 Å². The van der Waals surface area contributed by atoms with Crippen LogP contribution >= 0.6 is 11.3 Å². The quantitative estimate of drug-likeness (QED) is 0.349. The van der Waals surface area contributed by atoms with Gasteiger partial charge in [0.2, 0.25) is 11.9 Å². The molecular weight excluding hydrogens is 425 g/mol. The van der Waals surface area contributed by atoms with Crippen molar-refractivity contribution in [2.75, 3.05) is 4.90 Å². The van der Waals surface area contributed by atoms with Crippen molar-refractivity contribution in [2.45, 2.75) is 13.1 Å². The molecule has 2 aromatic carbocycles. The number of para-hydroxylation sites is 1. The Morgan fingerprint density at radius 3 is 2.66 bits per heavy atom. The third kappa shape index (κ3) is 4.00. The first-order chi connectivity index (χ1) is 15.7. The standard InChI is InChI=1S/C24H18FN5OS/c25-24-20(4-3-12-26-24)18-7-9-19(10-8-18)29(14-17-11-13-32-16-17)23(31)15-30-22-6-2-1-5-21(22)27-28-30/h1-13,16H,14-15H2. The summed E-state index contributed by atoms with van der Waals surface area (Å²) in [6.07, 6.45) is 1.42. The number of amides is 1. The highest BCUT2D eigenvalue weighted by Crippen LogP contribution is 2.26. The lowest BCUT2D eigenvalue weighted by Crippen LogP contribution is -2.33. The van der Waals surface area contributed by atoms with E-state index in [0.29, 0.717) is 17.7 Å². The minimum Gasteiger partial charge on any atom is -0.306 e. The normalized spacial score (nSPS) is 11.0. The zero-order valence-corrected chi connectivity index (χ0v) is 17.7. The van der Waals surface area contributed by atoms with Crippen molar-refractivity contribution >= 4 is 34.0 Å². The summed E-state index contributed by atoms with van der Waals surface area (Å²) in [6, 6.07) is 20.2. The zero-order chi connectivity index (χ0) is 21.9. The number of rotatable bonds is 6. The number of carbonyl (C=O) groups is 1. The van der Waals surface area contributed by atoms with Crippen LogP contribution in [0.15, 0.2) is 83.7 Å². The van der Waals surface area contributed by atoms with E-state index in [4.69, 9.17) is 0 Å². The molecule has 5 aromatic rings. The van der Waals surface area contributed by atoms with Crippen LogP contribution in [0.5, 0.6) is 0 Å². The Balaban J connectivity index is 1.45. The van der Waals surface area contributed by atoms with Gasteiger partial charge in [0, 0.05) is 17.4 Å². The van der Waals surface area contributed by atoms with Crippen molar-refractivity contribution in [1.82, 2.24) is 20.0 Å². The molecule has 32 heavy (non-hydrogen) atoms. The first-order valence-electron chi connectivity index (χ1n) is 10.00. The number of benzene rings is 2. The molecule has 8 heteroatoms. The third-order valence-corrected chi connectivity index (χ3v) is 5.91. The highest BCUT2D eigenvalue weighted by molar-refractivity contribution is 7.07. The van der Waals surface area contributed by atoms with Gasteiger partial charge in [-0.25, -0.2) is 9.67 Å². The number of pyridine rings is 1. The zero-order valence-electron chi connectivity index (χ0n) is 16.9. The lowest BCUT2D eigenvalue weighted by atomic mass is 10.1. The van der Waals surface area contributed by atoms with Gasteiger partial charge in [-0.3, -0.25) is 4.79 Å². The van der Waals surface area contributed by atoms with E-state index in [0.717, 1.165) is 22.3 Å². The predicted octanol–water partition coefficient (Wildman–Crippen LogP) is 4.93. The Kier molecular flexibility index (Phi) is 5.43. The molecule has 0 bridgehead atoms. The minimum atomic E-state index is -0.524. The molecule has 0 unspecified atom stereocenters. The Morgan fingerprint density at radius 1 is 1.03 bits per heavy atom. The molecule has 3 aromatic heterocycles. The van der Waals surface area contributed by atoms with Crippen LogP contribution in [-0.2, 0) is 17.9 Å². The Morgan fingerprint density at radius 2 is 1.88 bits per heavy atom. The van der Waals surface area contributed by atoms with Crippen LogP contribution < -0.4 is 4.90 Å². The lowest BCUT2D eigenvalue weighted by Gasteiger charge is -2.23. The van der Waals surface area contributed by atoms with E-state index in [1.54, 1.807) is 45.2 Å². The Labute approximate surface area is 187 Å². The maximum atomic E-state index is 14.1. The van der Waals surface area contributed by atoms with E-state index in [1.807, 2.05) is 53.2 Å². The summed E-state index contributed by atoms with van der Waals surface area (Å²) in [6.45, 7) is 0.485. The van der Waals surface area contributed by atoms with Crippen LogP contribution in [0.1, 0.15) is 5.56 Å². The molecule has 1 amide bonds. The van der Waals surface area contributed by atoms with Gasteiger partial charge in [0.15, 0.2) is 0 Å². The largest absolute Gasteiger partial charge is 0.306 e. The second-order valence-corrected chi connectivity index (χ2v) is 8.02. The smallest absolute Gasteiger partial charge is 0.249 e. The fourth-order valence-corrected chi connectivity index (χ4v) is 4.22. The fourth-order valence-electron chi connectivity index (χ4n) is 3.56. The lowest BCUT2D eigenvalue weighted by molar-refractivity contribution is -0.119. The monoisotopic (exact) mass is 443 g/mol. The molecule has 0 aliphatic carbocycles. The van der Waals surface area contributed by atoms with Crippen LogP contribution in [0.3, 0.4) is 0 Å². The van der Waals surface area contributed by atoms with Gasteiger partial charge in [-0.2, -0.15) is 15.7 Å². The molecule has 0 radical (unpaired) electrons. The van der Waals surface area contributed by atoms with Crippen LogP contribution in [-0.4, -0.2) is 25.9 Å². The minimum absolute atomic E-state index is 0.0592. The highest BCUT2D eigenvalue weighted by atomic mass is 32.1. The molecule has 158 valence electrons. The summed E-state index contributed by atoms with van der Waals surface area (Å²) in [4.78, 5) is 18.8. The highest BCUT2D eigenvalue weighted by Gasteiger charge is 2.19. The summed E-state index contributed by atoms with van der Waals surface area (Å²) in [5, 5.41) is 12.3. The Bertz CT molecular complexity index is 1360. The first kappa shape index (κ1) is 20.0. The van der Waals surface area contributed by atoms with Gasteiger partial charge in [0.05, 0.1) is 12.1 Å². The summed E-state index contributed by atoms with van der Waals surface area (Å²) < 4.78 is 15.7. The van der Waals surface area contributed by atoms with Crippen molar-refractivity contribution < 1.29 is 9.18 Å². The average Bonchev–Trinajstić information content (AvgIpc) is 3.48. The molecule has 0 aliphatic heterocycles. The molecule has 0 fully saturated rings. The van der Waals surface area contributed by atoms with Crippen LogP contribution in [0.2, 0.25) is 0 Å². The molecule has 0 aliphatic rings. The van der Waals surface area contributed by atoms with Crippen molar-refractivity contribution in [3.8, 4) is 11.1 Å². The van der Waals surface area contributed by atoms with Gasteiger partial charge >= 0.3 is 0 Å².